The van der Waals surface area contributed by atoms with Crippen LogP contribution < -0.4 is 10.0 Å². The smallest absolute Gasteiger partial charge is 0.322 e. The number of sulfonamides is 1. The predicted molar refractivity (Wildman–Crippen MR) is 118 cm³/mol. The van der Waals surface area contributed by atoms with Crippen LogP contribution in [0.4, 0.5) is 5.69 Å². The lowest BCUT2D eigenvalue weighted by Gasteiger charge is -2.18. The van der Waals surface area contributed by atoms with Gasteiger partial charge in [-0.2, -0.15) is 20.1 Å². The minimum absolute atomic E-state index is 0.0278. The van der Waals surface area contributed by atoms with Crippen molar-refractivity contribution in [2.45, 2.75) is 31.7 Å². The van der Waals surface area contributed by atoms with E-state index in [2.05, 4.69) is 25.4 Å². The molecule has 2 aromatic carbocycles. The maximum Gasteiger partial charge on any atom is 0.322 e. The average Bonchev–Trinajstić information content (AvgIpc) is 3.18. The van der Waals surface area contributed by atoms with E-state index in [0.717, 1.165) is 11.1 Å². The van der Waals surface area contributed by atoms with Gasteiger partial charge in [0, 0.05) is 5.69 Å². The average molecular weight is 458 g/mol. The van der Waals surface area contributed by atoms with Crippen molar-refractivity contribution >= 4 is 27.6 Å². The van der Waals surface area contributed by atoms with E-state index in [-0.39, 0.29) is 16.5 Å². The summed E-state index contributed by atoms with van der Waals surface area (Å²) in [4.78, 5) is 23.5. The molecule has 1 atom stereocenters. The lowest BCUT2D eigenvalue weighted by atomic mass is 10.1. The summed E-state index contributed by atoms with van der Waals surface area (Å²) in [5.41, 5.74) is 2.84. The first-order valence-corrected chi connectivity index (χ1v) is 11.2. The highest BCUT2D eigenvalue weighted by atomic mass is 32.2. The molecule has 3 aromatic rings. The number of nitrogens with zero attached hydrogens (tertiary/aromatic N) is 2. The topological polar surface area (TPSA) is 154 Å². The first kappa shape index (κ1) is 23.1. The molecule has 0 aliphatic rings. The molecule has 0 saturated carbocycles. The second-order valence-electron chi connectivity index (χ2n) is 7.49. The van der Waals surface area contributed by atoms with Crippen molar-refractivity contribution in [2.24, 2.45) is 5.92 Å². The number of benzene rings is 2. The van der Waals surface area contributed by atoms with Gasteiger partial charge in [-0.15, -0.1) is 0 Å². The van der Waals surface area contributed by atoms with Crippen molar-refractivity contribution in [1.29, 1.82) is 0 Å². The number of carboxylic acids is 1. The fourth-order valence-corrected chi connectivity index (χ4v) is 4.31. The molecule has 0 bridgehead atoms. The molecule has 0 aliphatic heterocycles. The van der Waals surface area contributed by atoms with Crippen LogP contribution in [-0.4, -0.2) is 46.9 Å². The third-order valence-electron chi connectivity index (χ3n) is 4.79. The largest absolute Gasteiger partial charge is 0.480 e. The number of carboxylic acid groups (broad SMARTS) is 1. The Labute approximate surface area is 185 Å². The molecule has 0 spiro atoms. The standard InChI is InChI=1S/C21H23N5O5S/c1-12(2)18(21(28)29)25-32(30,31)17-10-6-15(7-11-17)14-4-8-16(9-5-14)22-20(27)19-13(3)23-26-24-19/h4-12,18,25H,1-3H3,(H,22,27)(H,28,29)(H,23,24,26)/t18-/m0/s1. The van der Waals surface area contributed by atoms with Crippen molar-refractivity contribution in [3.05, 3.63) is 59.9 Å². The Hall–Kier alpha value is -3.57. The zero-order valence-corrected chi connectivity index (χ0v) is 18.5. The molecule has 0 radical (unpaired) electrons. The number of amides is 1. The monoisotopic (exact) mass is 457 g/mol. The van der Waals surface area contributed by atoms with Crippen LogP contribution in [0, 0.1) is 12.8 Å². The van der Waals surface area contributed by atoms with E-state index in [0.29, 0.717) is 11.4 Å². The Morgan fingerprint density at radius 1 is 0.969 bits per heavy atom. The summed E-state index contributed by atoms with van der Waals surface area (Å²) in [6, 6.07) is 11.9. The fraction of sp³-hybridized carbons (Fsp3) is 0.238. The summed E-state index contributed by atoms with van der Waals surface area (Å²) >= 11 is 0. The summed E-state index contributed by atoms with van der Waals surface area (Å²) < 4.78 is 27.3. The molecule has 3 rings (SSSR count). The highest BCUT2D eigenvalue weighted by Crippen LogP contribution is 2.24. The minimum Gasteiger partial charge on any atom is -0.480 e. The van der Waals surface area contributed by atoms with Gasteiger partial charge in [0.25, 0.3) is 5.91 Å². The van der Waals surface area contributed by atoms with Crippen molar-refractivity contribution in [3.8, 4) is 11.1 Å². The maximum absolute atomic E-state index is 12.5. The number of aromatic nitrogens is 3. The minimum atomic E-state index is -3.99. The normalized spacial score (nSPS) is 12.5. The number of H-pyrrole nitrogens is 1. The van der Waals surface area contributed by atoms with Gasteiger partial charge in [-0.25, -0.2) is 8.42 Å². The molecular formula is C21H23N5O5S. The van der Waals surface area contributed by atoms with Gasteiger partial charge in [0.15, 0.2) is 5.69 Å². The lowest BCUT2D eigenvalue weighted by molar-refractivity contribution is -0.140. The van der Waals surface area contributed by atoms with Crippen LogP contribution in [0.5, 0.6) is 0 Å². The molecule has 1 amide bonds. The molecule has 0 aliphatic carbocycles. The Morgan fingerprint density at radius 3 is 2.00 bits per heavy atom. The zero-order valence-electron chi connectivity index (χ0n) is 17.7. The SMILES string of the molecule is Cc1n[nH]nc1C(=O)Nc1ccc(-c2ccc(S(=O)(=O)N[C@H](C(=O)O)C(C)C)cc2)cc1. The molecule has 10 nitrogen and oxygen atoms in total. The van der Waals surface area contributed by atoms with Crippen molar-refractivity contribution < 1.29 is 23.1 Å². The van der Waals surface area contributed by atoms with Crippen LogP contribution >= 0.6 is 0 Å². The van der Waals surface area contributed by atoms with Crippen LogP contribution in [0.2, 0.25) is 0 Å². The van der Waals surface area contributed by atoms with E-state index < -0.39 is 28.0 Å². The number of nitrogens with one attached hydrogen (secondary N) is 3. The summed E-state index contributed by atoms with van der Waals surface area (Å²) in [7, 11) is -3.99. The van der Waals surface area contributed by atoms with Gasteiger partial charge in [-0.1, -0.05) is 38.1 Å². The fourth-order valence-electron chi connectivity index (χ4n) is 2.97. The number of hydrogen-bond donors (Lipinski definition) is 4. The van der Waals surface area contributed by atoms with Gasteiger partial charge in [-0.05, 0) is 48.2 Å². The van der Waals surface area contributed by atoms with Gasteiger partial charge in [0.1, 0.15) is 6.04 Å². The van der Waals surface area contributed by atoms with Gasteiger partial charge >= 0.3 is 5.97 Å². The van der Waals surface area contributed by atoms with Crippen LogP contribution in [0.1, 0.15) is 30.0 Å². The summed E-state index contributed by atoms with van der Waals surface area (Å²) in [6.07, 6.45) is 0. The Balaban J connectivity index is 1.72. The summed E-state index contributed by atoms with van der Waals surface area (Å²) in [6.45, 7) is 4.93. The molecule has 1 heterocycles. The molecule has 1 aromatic heterocycles. The first-order chi connectivity index (χ1) is 15.1. The number of carbonyl (C=O) groups is 2. The van der Waals surface area contributed by atoms with E-state index in [1.807, 2.05) is 0 Å². The van der Waals surface area contributed by atoms with E-state index in [9.17, 15) is 23.1 Å². The second-order valence-corrected chi connectivity index (χ2v) is 9.21. The Kier molecular flexibility index (Phi) is 6.70. The van der Waals surface area contributed by atoms with Crippen molar-refractivity contribution in [1.82, 2.24) is 20.1 Å². The summed E-state index contributed by atoms with van der Waals surface area (Å²) in [5, 5.41) is 22.0. The van der Waals surface area contributed by atoms with Crippen LogP contribution in [0.15, 0.2) is 53.4 Å². The van der Waals surface area contributed by atoms with E-state index >= 15 is 0 Å². The number of aryl methyl sites for hydroxylation is 1. The number of aromatic amines is 1. The molecule has 4 N–H and O–H groups in total. The van der Waals surface area contributed by atoms with Crippen molar-refractivity contribution in [2.75, 3.05) is 5.32 Å². The van der Waals surface area contributed by atoms with Crippen molar-refractivity contribution in [3.63, 3.8) is 0 Å². The van der Waals surface area contributed by atoms with E-state index in [1.165, 1.54) is 12.1 Å². The number of hydrogen-bond acceptors (Lipinski definition) is 6. The summed E-state index contributed by atoms with van der Waals surface area (Å²) in [5.74, 6) is -2.02. The second kappa shape index (κ2) is 9.28. The number of rotatable bonds is 8. The van der Waals surface area contributed by atoms with Crippen LogP contribution in [0.25, 0.3) is 11.1 Å². The molecule has 0 unspecified atom stereocenters. The van der Waals surface area contributed by atoms with Gasteiger partial charge < -0.3 is 10.4 Å². The molecule has 168 valence electrons. The highest BCUT2D eigenvalue weighted by molar-refractivity contribution is 7.89. The quantitative estimate of drug-likeness (QED) is 0.405. The van der Waals surface area contributed by atoms with Crippen LogP contribution in [-0.2, 0) is 14.8 Å². The van der Waals surface area contributed by atoms with Gasteiger partial charge in [0.05, 0.1) is 10.6 Å². The molecule has 11 heteroatoms. The van der Waals surface area contributed by atoms with E-state index in [1.54, 1.807) is 57.2 Å². The van der Waals surface area contributed by atoms with Crippen LogP contribution in [0.3, 0.4) is 0 Å². The lowest BCUT2D eigenvalue weighted by Crippen LogP contribution is -2.44. The van der Waals surface area contributed by atoms with E-state index in [4.69, 9.17) is 0 Å². The molecule has 0 saturated heterocycles. The highest BCUT2D eigenvalue weighted by Gasteiger charge is 2.28. The Morgan fingerprint density at radius 2 is 1.53 bits per heavy atom. The zero-order chi connectivity index (χ0) is 23.5. The number of carbonyl (C=O) groups excluding carboxylic acids is 1. The molecule has 0 fully saturated rings. The third-order valence-corrected chi connectivity index (χ3v) is 6.25. The first-order valence-electron chi connectivity index (χ1n) is 9.73. The maximum atomic E-state index is 12.5. The predicted octanol–water partition coefficient (Wildman–Crippen LogP) is 2.42. The van der Waals surface area contributed by atoms with Gasteiger partial charge in [0.2, 0.25) is 10.0 Å². The van der Waals surface area contributed by atoms with Gasteiger partial charge in [-0.3, -0.25) is 9.59 Å². The third kappa shape index (κ3) is 5.18. The Bertz CT molecular complexity index is 1220. The number of anilines is 1. The molecule has 32 heavy (non-hydrogen) atoms. The molecular weight excluding hydrogens is 434 g/mol. The number of aliphatic carboxylic acids is 1.